The number of hydrogen-bond acceptors (Lipinski definition) is 1. The highest BCUT2D eigenvalue weighted by Gasteiger charge is 2.15. The molecule has 0 fully saturated rings. The lowest BCUT2D eigenvalue weighted by Crippen LogP contribution is -2.05. The van der Waals surface area contributed by atoms with Gasteiger partial charge in [-0.05, 0) is 11.6 Å². The van der Waals surface area contributed by atoms with Crippen LogP contribution in [0.2, 0.25) is 0 Å². The minimum Gasteiger partial charge on any atom is -0.252 e. The fourth-order valence-electron chi connectivity index (χ4n) is 0.283. The molecule has 0 amide bonds. The monoisotopic (exact) mass is 188 g/mol. The van der Waals surface area contributed by atoms with Gasteiger partial charge in [0.15, 0.2) is 0 Å². The van der Waals surface area contributed by atoms with Crippen LogP contribution in [0.3, 0.4) is 0 Å². The predicted octanol–water partition coefficient (Wildman–Crippen LogP) is 2.45. The molecule has 0 saturated carbocycles. The summed E-state index contributed by atoms with van der Waals surface area (Å²) in [5, 5.41) is -3.35. The SMILES string of the molecule is CC(C)S(=O)C(F)=C(F)Cl. The molecular weight excluding hydrogens is 182 g/mol. The van der Waals surface area contributed by atoms with Crippen LogP contribution in [0.1, 0.15) is 13.8 Å². The van der Waals surface area contributed by atoms with Crippen molar-refractivity contribution in [2.75, 3.05) is 0 Å². The zero-order valence-corrected chi connectivity index (χ0v) is 7.10. The molecule has 0 rings (SSSR count). The average molecular weight is 189 g/mol. The van der Waals surface area contributed by atoms with Gasteiger partial charge < -0.3 is 0 Å². The highest BCUT2D eigenvalue weighted by atomic mass is 35.5. The Balaban J connectivity index is 4.38. The molecule has 0 bridgehead atoms. The van der Waals surface area contributed by atoms with Crippen molar-refractivity contribution in [2.24, 2.45) is 0 Å². The molecule has 0 radical (unpaired) electrons. The van der Waals surface area contributed by atoms with Crippen molar-refractivity contribution in [1.82, 2.24) is 0 Å². The minimum atomic E-state index is -1.94. The summed E-state index contributed by atoms with van der Waals surface area (Å²) in [7, 11) is -1.94. The fourth-order valence-corrected chi connectivity index (χ4v) is 1.08. The molecule has 0 aromatic rings. The first-order valence-electron chi connectivity index (χ1n) is 2.58. The highest BCUT2D eigenvalue weighted by Crippen LogP contribution is 2.18. The second kappa shape index (κ2) is 4.03. The van der Waals surface area contributed by atoms with Gasteiger partial charge >= 0.3 is 0 Å². The first-order chi connectivity index (χ1) is 4.46. The second-order valence-corrected chi connectivity index (χ2v) is 4.11. The quantitative estimate of drug-likeness (QED) is 0.651. The molecule has 0 aromatic heterocycles. The van der Waals surface area contributed by atoms with Crippen molar-refractivity contribution < 1.29 is 13.0 Å². The minimum absolute atomic E-state index is 0.454. The maximum Gasteiger partial charge on any atom is 0.234 e. The first-order valence-corrected chi connectivity index (χ1v) is 4.17. The molecule has 0 spiro atoms. The summed E-state index contributed by atoms with van der Waals surface area (Å²) < 4.78 is 34.7. The van der Waals surface area contributed by atoms with Crippen LogP contribution in [0.15, 0.2) is 10.4 Å². The lowest BCUT2D eigenvalue weighted by Gasteiger charge is -2.00. The van der Waals surface area contributed by atoms with Crippen LogP contribution >= 0.6 is 11.6 Å². The van der Waals surface area contributed by atoms with Crippen LogP contribution in [0.4, 0.5) is 8.78 Å². The summed E-state index contributed by atoms with van der Waals surface area (Å²) in [5.41, 5.74) is 0. The smallest absolute Gasteiger partial charge is 0.234 e. The first kappa shape index (κ1) is 10.0. The van der Waals surface area contributed by atoms with E-state index in [4.69, 9.17) is 0 Å². The van der Waals surface area contributed by atoms with E-state index in [2.05, 4.69) is 11.6 Å². The van der Waals surface area contributed by atoms with Crippen LogP contribution in [-0.2, 0) is 10.8 Å². The number of hydrogen-bond donors (Lipinski definition) is 0. The molecule has 0 aliphatic rings. The zero-order chi connectivity index (χ0) is 8.31. The molecule has 5 heteroatoms. The molecule has 0 N–H and O–H groups in total. The third-order valence-corrected chi connectivity index (χ3v) is 2.42. The summed E-state index contributed by atoms with van der Waals surface area (Å²) >= 11 is 4.61. The van der Waals surface area contributed by atoms with Crippen LogP contribution in [-0.4, -0.2) is 9.46 Å². The molecule has 0 heterocycles. The third kappa shape index (κ3) is 2.75. The maximum atomic E-state index is 12.2. The van der Waals surface area contributed by atoms with Crippen molar-refractivity contribution in [1.29, 1.82) is 0 Å². The van der Waals surface area contributed by atoms with E-state index in [1.807, 2.05) is 0 Å². The van der Waals surface area contributed by atoms with Crippen molar-refractivity contribution in [3.05, 3.63) is 10.4 Å². The van der Waals surface area contributed by atoms with Gasteiger partial charge in [-0.2, -0.15) is 8.78 Å². The summed E-state index contributed by atoms with van der Waals surface area (Å²) in [6, 6.07) is 0. The van der Waals surface area contributed by atoms with Crippen LogP contribution in [0.5, 0.6) is 0 Å². The Labute approximate surface area is 65.5 Å². The van der Waals surface area contributed by atoms with Crippen LogP contribution in [0, 0.1) is 0 Å². The Morgan fingerprint density at radius 3 is 2.00 bits per heavy atom. The van der Waals surface area contributed by atoms with Gasteiger partial charge in [0.2, 0.25) is 10.4 Å². The van der Waals surface area contributed by atoms with E-state index in [9.17, 15) is 13.0 Å². The Bertz CT molecular complexity index is 174. The van der Waals surface area contributed by atoms with E-state index < -0.39 is 26.5 Å². The van der Waals surface area contributed by atoms with Crippen LogP contribution in [0.25, 0.3) is 0 Å². The lowest BCUT2D eigenvalue weighted by atomic mass is 10.6. The van der Waals surface area contributed by atoms with Crippen molar-refractivity contribution >= 4 is 22.4 Å². The molecule has 0 aromatic carbocycles. The largest absolute Gasteiger partial charge is 0.252 e. The van der Waals surface area contributed by atoms with Crippen molar-refractivity contribution in [2.45, 2.75) is 19.1 Å². The normalized spacial score (nSPS) is 17.0. The van der Waals surface area contributed by atoms with Gasteiger partial charge in [-0.25, -0.2) is 0 Å². The Morgan fingerprint density at radius 1 is 1.50 bits per heavy atom. The lowest BCUT2D eigenvalue weighted by molar-refractivity contribution is 0.596. The molecule has 0 saturated heterocycles. The van der Waals surface area contributed by atoms with E-state index in [0.29, 0.717) is 0 Å². The van der Waals surface area contributed by atoms with E-state index in [1.54, 1.807) is 0 Å². The van der Waals surface area contributed by atoms with E-state index in [0.717, 1.165) is 0 Å². The van der Waals surface area contributed by atoms with Gasteiger partial charge in [0.25, 0.3) is 0 Å². The van der Waals surface area contributed by atoms with Crippen molar-refractivity contribution in [3.8, 4) is 0 Å². The summed E-state index contributed by atoms with van der Waals surface area (Å²) in [6.45, 7) is 3.02. The molecule has 10 heavy (non-hydrogen) atoms. The van der Waals surface area contributed by atoms with Gasteiger partial charge in [-0.3, -0.25) is 4.21 Å². The zero-order valence-electron chi connectivity index (χ0n) is 5.53. The Morgan fingerprint density at radius 2 is 1.90 bits per heavy atom. The average Bonchev–Trinajstić information content (AvgIpc) is 1.84. The van der Waals surface area contributed by atoms with Gasteiger partial charge in [0.05, 0.1) is 10.8 Å². The van der Waals surface area contributed by atoms with Gasteiger partial charge in [0.1, 0.15) is 0 Å². The molecule has 0 aliphatic carbocycles. The summed E-state index contributed by atoms with van der Waals surface area (Å²) in [4.78, 5) is 0. The Kier molecular flexibility index (Phi) is 4.05. The molecular formula is C5H7ClF2OS. The topological polar surface area (TPSA) is 17.1 Å². The van der Waals surface area contributed by atoms with E-state index in [-0.39, 0.29) is 0 Å². The predicted molar refractivity (Wildman–Crippen MR) is 38.4 cm³/mol. The summed E-state index contributed by atoms with van der Waals surface area (Å²) in [5.74, 6) is 0. The number of rotatable bonds is 2. The fraction of sp³-hybridized carbons (Fsp3) is 0.600. The third-order valence-electron chi connectivity index (χ3n) is 0.753. The molecule has 1 atom stereocenters. The van der Waals surface area contributed by atoms with Gasteiger partial charge in [-0.15, -0.1) is 0 Å². The molecule has 0 aliphatic heterocycles. The van der Waals surface area contributed by atoms with Gasteiger partial charge in [-0.1, -0.05) is 13.8 Å². The summed E-state index contributed by atoms with van der Waals surface area (Å²) in [6.07, 6.45) is 0. The number of halogens is 3. The maximum absolute atomic E-state index is 12.2. The molecule has 1 nitrogen and oxygen atoms in total. The van der Waals surface area contributed by atoms with E-state index >= 15 is 0 Å². The standard InChI is InChI=1S/C5H7ClF2OS/c1-3(2)10(9)5(8)4(6)7/h3H,1-2H3. The van der Waals surface area contributed by atoms with Gasteiger partial charge in [0, 0.05) is 5.25 Å². The highest BCUT2D eigenvalue weighted by molar-refractivity contribution is 7.89. The Hall–Kier alpha value is 0.0400. The molecule has 60 valence electrons. The van der Waals surface area contributed by atoms with Crippen LogP contribution < -0.4 is 0 Å². The van der Waals surface area contributed by atoms with Crippen molar-refractivity contribution in [3.63, 3.8) is 0 Å². The second-order valence-electron chi connectivity index (χ2n) is 1.88. The van der Waals surface area contributed by atoms with E-state index in [1.165, 1.54) is 13.8 Å². The molecule has 1 unspecified atom stereocenters.